The number of nitrogens with zero attached hydrogens (tertiary/aromatic N) is 1. The maximum Gasteiger partial charge on any atom is 0.157 e. The molecule has 0 aromatic heterocycles. The average Bonchev–Trinajstić information content (AvgIpc) is 2.19. The Hall–Kier alpha value is -1.71. The van der Waals surface area contributed by atoms with Crippen LogP contribution >= 0.6 is 0 Å². The summed E-state index contributed by atoms with van der Waals surface area (Å²) in [5, 5.41) is 3.33. The number of hydrogen-bond donors (Lipinski definition) is 2. The van der Waals surface area contributed by atoms with Crippen LogP contribution in [0.15, 0.2) is 23.3 Å². The number of hydrogen-bond acceptors (Lipinski definition) is 3. The minimum atomic E-state index is 0.223. The molecule has 4 N–H and O–H groups in total. The van der Waals surface area contributed by atoms with E-state index in [9.17, 15) is 0 Å². The van der Waals surface area contributed by atoms with Gasteiger partial charge < -0.3 is 16.3 Å². The SMILES string of the molecule is Cc1ccc(C)c(OC/C(N)=N/N)c1. The zero-order chi connectivity index (χ0) is 10.6. The smallest absolute Gasteiger partial charge is 0.157 e. The minimum absolute atomic E-state index is 0.223. The number of benzene rings is 1. The van der Waals surface area contributed by atoms with E-state index in [1.807, 2.05) is 32.0 Å². The van der Waals surface area contributed by atoms with Crippen LogP contribution in [0.1, 0.15) is 11.1 Å². The molecular formula is C10H15N3O. The Morgan fingerprint density at radius 3 is 2.79 bits per heavy atom. The molecule has 0 unspecified atom stereocenters. The van der Waals surface area contributed by atoms with Gasteiger partial charge in [-0.05, 0) is 31.0 Å². The van der Waals surface area contributed by atoms with E-state index in [0.29, 0.717) is 0 Å². The first-order chi connectivity index (χ1) is 6.63. The van der Waals surface area contributed by atoms with Crippen molar-refractivity contribution in [2.24, 2.45) is 16.7 Å². The van der Waals surface area contributed by atoms with Crippen molar-refractivity contribution < 1.29 is 4.74 Å². The summed E-state index contributed by atoms with van der Waals surface area (Å²) in [6.07, 6.45) is 0. The van der Waals surface area contributed by atoms with Gasteiger partial charge in [-0.1, -0.05) is 12.1 Å². The minimum Gasteiger partial charge on any atom is -0.485 e. The van der Waals surface area contributed by atoms with Gasteiger partial charge in [0.25, 0.3) is 0 Å². The van der Waals surface area contributed by atoms with E-state index >= 15 is 0 Å². The van der Waals surface area contributed by atoms with Crippen molar-refractivity contribution in [2.45, 2.75) is 13.8 Å². The van der Waals surface area contributed by atoms with Crippen LogP contribution < -0.4 is 16.3 Å². The molecule has 0 spiro atoms. The molecular weight excluding hydrogens is 178 g/mol. The predicted molar refractivity (Wildman–Crippen MR) is 57.2 cm³/mol. The number of nitrogens with two attached hydrogens (primary N) is 2. The molecule has 1 aromatic carbocycles. The van der Waals surface area contributed by atoms with Crippen LogP contribution in [0.2, 0.25) is 0 Å². The van der Waals surface area contributed by atoms with Crippen LogP contribution in [0.5, 0.6) is 5.75 Å². The molecule has 0 bridgehead atoms. The van der Waals surface area contributed by atoms with Crippen molar-refractivity contribution in [3.63, 3.8) is 0 Å². The Labute approximate surface area is 83.5 Å². The molecule has 0 atom stereocenters. The summed E-state index contributed by atoms with van der Waals surface area (Å²) in [6.45, 7) is 4.21. The fourth-order valence-corrected chi connectivity index (χ4v) is 1.05. The van der Waals surface area contributed by atoms with Crippen LogP contribution in [0.3, 0.4) is 0 Å². The first-order valence-electron chi connectivity index (χ1n) is 4.35. The Bertz CT molecular complexity index is 347. The van der Waals surface area contributed by atoms with Gasteiger partial charge in [0.2, 0.25) is 0 Å². The molecule has 0 amide bonds. The second-order valence-corrected chi connectivity index (χ2v) is 3.18. The molecule has 76 valence electrons. The molecule has 0 saturated carbocycles. The predicted octanol–water partition coefficient (Wildman–Crippen LogP) is 0.913. The second-order valence-electron chi connectivity index (χ2n) is 3.18. The van der Waals surface area contributed by atoms with Gasteiger partial charge in [-0.2, -0.15) is 5.10 Å². The molecule has 0 radical (unpaired) electrons. The quantitative estimate of drug-likeness (QED) is 0.324. The highest BCUT2D eigenvalue weighted by atomic mass is 16.5. The zero-order valence-corrected chi connectivity index (χ0v) is 8.45. The van der Waals surface area contributed by atoms with E-state index in [0.717, 1.165) is 16.9 Å². The monoisotopic (exact) mass is 193 g/mol. The van der Waals surface area contributed by atoms with Crippen molar-refractivity contribution in [2.75, 3.05) is 6.61 Å². The summed E-state index contributed by atoms with van der Waals surface area (Å²) in [6, 6.07) is 5.99. The standard InChI is InChI=1S/C10H15N3O/c1-7-3-4-8(2)9(5-7)14-6-10(11)13-12/h3-5H,6,12H2,1-2H3,(H2,11,13). The van der Waals surface area contributed by atoms with Gasteiger partial charge in [0.05, 0.1) is 0 Å². The van der Waals surface area contributed by atoms with E-state index in [-0.39, 0.29) is 12.4 Å². The van der Waals surface area contributed by atoms with Crippen molar-refractivity contribution in [1.82, 2.24) is 0 Å². The molecule has 0 aliphatic carbocycles. The van der Waals surface area contributed by atoms with E-state index in [1.165, 1.54) is 0 Å². The van der Waals surface area contributed by atoms with Crippen molar-refractivity contribution in [3.05, 3.63) is 29.3 Å². The van der Waals surface area contributed by atoms with Crippen LogP contribution in [0, 0.1) is 13.8 Å². The molecule has 0 saturated heterocycles. The summed E-state index contributed by atoms with van der Waals surface area (Å²) in [5.41, 5.74) is 7.63. The fourth-order valence-electron chi connectivity index (χ4n) is 1.05. The molecule has 1 rings (SSSR count). The fraction of sp³-hybridized carbons (Fsp3) is 0.300. The highest BCUT2D eigenvalue weighted by Crippen LogP contribution is 2.18. The normalized spacial score (nSPS) is 11.4. The van der Waals surface area contributed by atoms with E-state index in [1.54, 1.807) is 0 Å². The molecule has 0 aliphatic heterocycles. The number of ether oxygens (including phenoxy) is 1. The van der Waals surface area contributed by atoms with E-state index < -0.39 is 0 Å². The summed E-state index contributed by atoms with van der Waals surface area (Å²) in [4.78, 5) is 0. The summed E-state index contributed by atoms with van der Waals surface area (Å²) < 4.78 is 5.43. The Morgan fingerprint density at radius 1 is 1.43 bits per heavy atom. The molecule has 14 heavy (non-hydrogen) atoms. The number of amidine groups is 1. The van der Waals surface area contributed by atoms with Gasteiger partial charge >= 0.3 is 0 Å². The third-order valence-electron chi connectivity index (χ3n) is 1.89. The second kappa shape index (κ2) is 4.50. The van der Waals surface area contributed by atoms with Crippen molar-refractivity contribution in [1.29, 1.82) is 0 Å². The Kier molecular flexibility index (Phi) is 3.34. The lowest BCUT2D eigenvalue weighted by atomic mass is 10.1. The summed E-state index contributed by atoms with van der Waals surface area (Å²) in [5.74, 6) is 6.09. The molecule has 4 nitrogen and oxygen atoms in total. The maximum atomic E-state index is 5.43. The largest absolute Gasteiger partial charge is 0.485 e. The highest BCUT2D eigenvalue weighted by molar-refractivity contribution is 5.81. The number of aryl methyl sites for hydroxylation is 2. The number of hydrazone groups is 1. The van der Waals surface area contributed by atoms with Gasteiger partial charge in [-0.15, -0.1) is 0 Å². The Balaban J connectivity index is 2.71. The van der Waals surface area contributed by atoms with Gasteiger partial charge in [0.1, 0.15) is 12.4 Å². The van der Waals surface area contributed by atoms with Gasteiger partial charge in [0, 0.05) is 0 Å². The average molecular weight is 193 g/mol. The lowest BCUT2D eigenvalue weighted by Gasteiger charge is -2.08. The first kappa shape index (κ1) is 10.4. The molecule has 1 aromatic rings. The topological polar surface area (TPSA) is 73.6 Å². The van der Waals surface area contributed by atoms with Gasteiger partial charge in [-0.25, -0.2) is 0 Å². The third-order valence-corrected chi connectivity index (χ3v) is 1.89. The van der Waals surface area contributed by atoms with E-state index in [4.69, 9.17) is 16.3 Å². The van der Waals surface area contributed by atoms with Gasteiger partial charge in [-0.3, -0.25) is 0 Å². The van der Waals surface area contributed by atoms with Gasteiger partial charge in [0.15, 0.2) is 5.84 Å². The van der Waals surface area contributed by atoms with Crippen LogP contribution in [0.25, 0.3) is 0 Å². The third kappa shape index (κ3) is 2.65. The lowest BCUT2D eigenvalue weighted by molar-refractivity contribution is 0.372. The summed E-state index contributed by atoms with van der Waals surface area (Å²) >= 11 is 0. The van der Waals surface area contributed by atoms with Crippen LogP contribution in [0.4, 0.5) is 0 Å². The Morgan fingerprint density at radius 2 is 2.14 bits per heavy atom. The molecule has 4 heteroatoms. The van der Waals surface area contributed by atoms with Crippen LogP contribution in [-0.2, 0) is 0 Å². The lowest BCUT2D eigenvalue weighted by Crippen LogP contribution is -2.22. The zero-order valence-electron chi connectivity index (χ0n) is 8.45. The van der Waals surface area contributed by atoms with Crippen molar-refractivity contribution in [3.8, 4) is 5.75 Å². The first-order valence-corrected chi connectivity index (χ1v) is 4.35. The molecule has 0 heterocycles. The van der Waals surface area contributed by atoms with Crippen molar-refractivity contribution >= 4 is 5.84 Å². The molecule has 0 aliphatic rings. The molecule has 0 fully saturated rings. The summed E-state index contributed by atoms with van der Waals surface area (Å²) in [7, 11) is 0. The highest BCUT2D eigenvalue weighted by Gasteiger charge is 2.00. The number of rotatable bonds is 3. The van der Waals surface area contributed by atoms with E-state index in [2.05, 4.69) is 5.10 Å². The van der Waals surface area contributed by atoms with Crippen LogP contribution in [-0.4, -0.2) is 12.4 Å². The maximum absolute atomic E-state index is 5.43.